The molecule has 130 valence electrons. The van der Waals surface area contributed by atoms with E-state index in [1.807, 2.05) is 6.92 Å². The summed E-state index contributed by atoms with van der Waals surface area (Å²) in [5.41, 5.74) is 0.233. The van der Waals surface area contributed by atoms with Crippen LogP contribution in [-0.2, 0) is 14.4 Å². The maximum atomic E-state index is 11.7. The van der Waals surface area contributed by atoms with E-state index < -0.39 is 36.5 Å². The van der Waals surface area contributed by atoms with Crippen molar-refractivity contribution in [2.45, 2.75) is 32.5 Å². The van der Waals surface area contributed by atoms with E-state index in [4.69, 9.17) is 15.3 Å². The Hall–Kier alpha value is -2.78. The molecule has 0 unspecified atom stereocenters. The molecular weight excluding hydrogens is 322 g/mol. The van der Waals surface area contributed by atoms with Gasteiger partial charge in [-0.05, 0) is 18.6 Å². The minimum absolute atomic E-state index is 0.116. The van der Waals surface area contributed by atoms with Gasteiger partial charge in [-0.1, -0.05) is 30.5 Å². The fraction of sp³-hybridized carbons (Fsp3) is 0.333. The Morgan fingerprint density at radius 2 is 1.62 bits per heavy atom. The zero-order valence-corrected chi connectivity index (χ0v) is 12.8. The van der Waals surface area contributed by atoms with Crippen LogP contribution in [0.1, 0.15) is 46.9 Å². The number of carbonyl (C=O) groups is 4. The number of aliphatic carboxylic acids is 1. The molecule has 2 amide bonds. The molecule has 0 spiro atoms. The van der Waals surface area contributed by atoms with Crippen LogP contribution in [0.5, 0.6) is 0 Å². The number of aliphatic hydroxyl groups excluding tert-OH is 1. The maximum absolute atomic E-state index is 11.7. The Morgan fingerprint density at radius 3 is 1.96 bits per heavy atom. The Morgan fingerprint density at radius 1 is 1.12 bits per heavy atom. The maximum Gasteiger partial charge on any atom is 0.344 e. The predicted octanol–water partition coefficient (Wildman–Crippen LogP) is 0.313. The molecule has 24 heavy (non-hydrogen) atoms. The number of hydrogen-bond donors (Lipinski definition) is 3. The van der Waals surface area contributed by atoms with Gasteiger partial charge in [0.05, 0.1) is 11.1 Å². The minimum Gasteiger partial charge on any atom is -0.481 e. The van der Waals surface area contributed by atoms with Gasteiger partial charge in [0.25, 0.3) is 11.8 Å². The number of carboxylic acid groups (broad SMARTS) is 1. The lowest BCUT2D eigenvalue weighted by Gasteiger charge is -2.11. The van der Waals surface area contributed by atoms with E-state index in [0.717, 1.165) is 6.42 Å². The quantitative estimate of drug-likeness (QED) is 0.395. The van der Waals surface area contributed by atoms with E-state index in [2.05, 4.69) is 4.84 Å². The molecule has 0 aliphatic carbocycles. The third-order valence-electron chi connectivity index (χ3n) is 2.79. The molecule has 1 heterocycles. The second-order valence-corrected chi connectivity index (χ2v) is 4.75. The average molecular weight is 339 g/mol. The third kappa shape index (κ3) is 5.14. The second-order valence-electron chi connectivity index (χ2n) is 4.75. The van der Waals surface area contributed by atoms with Gasteiger partial charge >= 0.3 is 11.9 Å². The van der Waals surface area contributed by atoms with Crippen LogP contribution in [0.2, 0.25) is 0 Å². The number of amides is 2. The van der Waals surface area contributed by atoms with Crippen LogP contribution in [-0.4, -0.2) is 50.4 Å². The van der Waals surface area contributed by atoms with Gasteiger partial charge in [-0.25, -0.2) is 4.79 Å². The van der Waals surface area contributed by atoms with Crippen LogP contribution in [0.25, 0.3) is 0 Å². The van der Waals surface area contributed by atoms with Crippen molar-refractivity contribution in [3.05, 3.63) is 35.4 Å². The van der Waals surface area contributed by atoms with E-state index >= 15 is 0 Å². The number of aliphatic hydroxyl groups is 2. The number of nitrogens with zero attached hydrogens (tertiary/aromatic N) is 1. The van der Waals surface area contributed by atoms with Gasteiger partial charge in [-0.2, -0.15) is 0 Å². The standard InChI is InChI=1S/C11H7NO6.C4H10O2/c13-8(14)5-9(15)18-12-10(16)6-3-1-2-4-7(6)11(12)17;1-2-3-4(5)6/h1-4H,5H2,(H,13,14);4-6H,2-3H2,1H3. The molecule has 0 saturated heterocycles. The van der Waals surface area contributed by atoms with Crippen LogP contribution in [0, 0.1) is 0 Å². The largest absolute Gasteiger partial charge is 0.481 e. The van der Waals surface area contributed by atoms with Gasteiger partial charge in [-0.15, -0.1) is 0 Å². The molecule has 0 saturated carbocycles. The van der Waals surface area contributed by atoms with Gasteiger partial charge in [-0.3, -0.25) is 14.4 Å². The molecule has 2 rings (SSSR count). The normalized spacial score (nSPS) is 12.6. The topological polar surface area (TPSA) is 141 Å². The Kier molecular flexibility index (Phi) is 7.02. The minimum atomic E-state index is -1.41. The van der Waals surface area contributed by atoms with Gasteiger partial charge in [0.2, 0.25) is 0 Å². The van der Waals surface area contributed by atoms with Gasteiger partial charge in [0.1, 0.15) is 6.42 Å². The smallest absolute Gasteiger partial charge is 0.344 e. The van der Waals surface area contributed by atoms with Crippen LogP contribution >= 0.6 is 0 Å². The first-order valence-corrected chi connectivity index (χ1v) is 7.04. The second kappa shape index (κ2) is 8.75. The van der Waals surface area contributed by atoms with Crippen LogP contribution < -0.4 is 0 Å². The molecule has 0 atom stereocenters. The zero-order valence-electron chi connectivity index (χ0n) is 12.8. The van der Waals surface area contributed by atoms with Crippen molar-refractivity contribution in [2.24, 2.45) is 0 Å². The number of benzene rings is 1. The summed E-state index contributed by atoms with van der Waals surface area (Å²) in [6.45, 7) is 1.90. The van der Waals surface area contributed by atoms with Crippen molar-refractivity contribution in [3.8, 4) is 0 Å². The van der Waals surface area contributed by atoms with Crippen molar-refractivity contribution in [1.29, 1.82) is 0 Å². The van der Waals surface area contributed by atoms with E-state index in [-0.39, 0.29) is 16.2 Å². The summed E-state index contributed by atoms with van der Waals surface area (Å²) in [5.74, 6) is -4.16. The summed E-state index contributed by atoms with van der Waals surface area (Å²) < 4.78 is 0. The molecule has 1 aliphatic rings. The first-order valence-electron chi connectivity index (χ1n) is 7.04. The van der Waals surface area contributed by atoms with Crippen molar-refractivity contribution in [3.63, 3.8) is 0 Å². The SMILES string of the molecule is CCCC(O)O.O=C(O)CC(=O)ON1C(=O)c2ccccc2C1=O. The molecule has 1 aromatic carbocycles. The van der Waals surface area contributed by atoms with Gasteiger partial charge in [0, 0.05) is 0 Å². The van der Waals surface area contributed by atoms with Crippen molar-refractivity contribution < 1.29 is 39.3 Å². The number of imide groups is 1. The molecule has 3 N–H and O–H groups in total. The van der Waals surface area contributed by atoms with Gasteiger partial charge < -0.3 is 20.2 Å². The summed E-state index contributed by atoms with van der Waals surface area (Å²) in [6, 6.07) is 5.96. The van der Waals surface area contributed by atoms with Crippen LogP contribution in [0.15, 0.2) is 24.3 Å². The number of hydroxylamine groups is 2. The molecule has 9 nitrogen and oxygen atoms in total. The van der Waals surface area contributed by atoms with E-state index in [0.29, 0.717) is 6.42 Å². The van der Waals surface area contributed by atoms with Crippen LogP contribution in [0.3, 0.4) is 0 Å². The zero-order chi connectivity index (χ0) is 18.3. The molecule has 9 heteroatoms. The lowest BCUT2D eigenvalue weighted by Crippen LogP contribution is -2.33. The number of carboxylic acids is 1. The van der Waals surface area contributed by atoms with Crippen molar-refractivity contribution >= 4 is 23.8 Å². The third-order valence-corrected chi connectivity index (χ3v) is 2.79. The Bertz CT molecular complexity index is 605. The van der Waals surface area contributed by atoms with E-state index in [1.165, 1.54) is 12.1 Å². The molecule has 1 aromatic rings. The fourth-order valence-corrected chi connectivity index (χ4v) is 1.77. The first-order chi connectivity index (χ1) is 11.3. The summed E-state index contributed by atoms with van der Waals surface area (Å²) >= 11 is 0. The van der Waals surface area contributed by atoms with Crippen LogP contribution in [0.4, 0.5) is 0 Å². The number of carbonyl (C=O) groups excluding carboxylic acids is 3. The highest BCUT2D eigenvalue weighted by Crippen LogP contribution is 2.22. The Labute approximate surface area is 137 Å². The van der Waals surface area contributed by atoms with Gasteiger partial charge in [0.15, 0.2) is 6.29 Å². The lowest BCUT2D eigenvalue weighted by atomic mass is 10.1. The molecule has 0 fully saturated rings. The van der Waals surface area contributed by atoms with Crippen molar-refractivity contribution in [2.75, 3.05) is 0 Å². The lowest BCUT2D eigenvalue weighted by molar-refractivity contribution is -0.171. The van der Waals surface area contributed by atoms with Crippen molar-refractivity contribution in [1.82, 2.24) is 5.06 Å². The first kappa shape index (κ1) is 19.3. The molecule has 0 bridgehead atoms. The number of rotatable bonds is 5. The number of fused-ring (bicyclic) bond motifs is 1. The molecule has 1 aliphatic heterocycles. The fourth-order valence-electron chi connectivity index (χ4n) is 1.77. The highest BCUT2D eigenvalue weighted by atomic mass is 16.7. The summed E-state index contributed by atoms with van der Waals surface area (Å²) in [6.07, 6.45) is -0.708. The molecular formula is C15H17NO8. The highest BCUT2D eigenvalue weighted by molar-refractivity contribution is 6.21. The average Bonchev–Trinajstić information content (AvgIpc) is 2.73. The van der Waals surface area contributed by atoms with E-state index in [1.54, 1.807) is 12.1 Å². The Balaban J connectivity index is 0.000000413. The molecule has 0 radical (unpaired) electrons. The summed E-state index contributed by atoms with van der Waals surface area (Å²) in [7, 11) is 0. The molecule has 0 aromatic heterocycles. The predicted molar refractivity (Wildman–Crippen MR) is 78.4 cm³/mol. The van der Waals surface area contributed by atoms with E-state index in [9.17, 15) is 19.2 Å². The highest BCUT2D eigenvalue weighted by Gasteiger charge is 2.38. The summed E-state index contributed by atoms with van der Waals surface area (Å²) in [5, 5.41) is 24.9. The monoisotopic (exact) mass is 339 g/mol. The summed E-state index contributed by atoms with van der Waals surface area (Å²) in [4.78, 5) is 49.2. The number of hydrogen-bond acceptors (Lipinski definition) is 7.